The summed E-state index contributed by atoms with van der Waals surface area (Å²) in [5.74, 6) is -1.60. The van der Waals surface area contributed by atoms with Crippen LogP contribution in [0, 0.1) is 0 Å². The Bertz CT molecular complexity index is 126. The fraction of sp³-hybridized carbons (Fsp3) is 1.00. The monoisotopic (exact) mass is 147 g/mol. The molecular formula is C6H13NO3. The van der Waals surface area contributed by atoms with E-state index in [1.807, 2.05) is 0 Å². The summed E-state index contributed by atoms with van der Waals surface area (Å²) in [6.07, 6.45) is 0.236. The molecule has 0 radical (unpaired) electrons. The Hall–Kier alpha value is -0.160. The second kappa shape index (κ2) is 2.47. The van der Waals surface area contributed by atoms with E-state index in [-0.39, 0.29) is 25.6 Å². The molecule has 0 amide bonds. The van der Waals surface area contributed by atoms with Gasteiger partial charge in [-0.05, 0) is 7.05 Å². The summed E-state index contributed by atoms with van der Waals surface area (Å²) in [5, 5.41) is 26.8. The first-order valence-electron chi connectivity index (χ1n) is 3.31. The van der Waals surface area contributed by atoms with E-state index in [9.17, 15) is 0 Å². The van der Waals surface area contributed by atoms with Crippen LogP contribution in [0.4, 0.5) is 0 Å². The molecule has 1 saturated heterocycles. The van der Waals surface area contributed by atoms with E-state index in [2.05, 4.69) is 0 Å². The average molecular weight is 147 g/mol. The predicted molar refractivity (Wildman–Crippen MR) is 35.3 cm³/mol. The van der Waals surface area contributed by atoms with Crippen molar-refractivity contribution in [2.45, 2.75) is 18.2 Å². The van der Waals surface area contributed by atoms with Gasteiger partial charge in [-0.15, -0.1) is 0 Å². The summed E-state index contributed by atoms with van der Waals surface area (Å²) in [6, 6.07) is -0.102. The molecule has 0 aromatic carbocycles. The van der Waals surface area contributed by atoms with Crippen molar-refractivity contribution in [3.63, 3.8) is 0 Å². The molecule has 0 spiro atoms. The average Bonchev–Trinajstić information content (AvgIpc) is 2.05. The Kier molecular flexibility index (Phi) is 1.96. The molecule has 1 rings (SSSR count). The summed E-state index contributed by atoms with van der Waals surface area (Å²) in [7, 11) is 1.76. The van der Waals surface area contributed by atoms with Crippen LogP contribution in [0.25, 0.3) is 0 Å². The van der Waals surface area contributed by atoms with Gasteiger partial charge in [-0.3, -0.25) is 4.90 Å². The molecule has 1 aliphatic rings. The van der Waals surface area contributed by atoms with Crippen molar-refractivity contribution in [1.29, 1.82) is 0 Å². The van der Waals surface area contributed by atoms with Gasteiger partial charge >= 0.3 is 0 Å². The lowest BCUT2D eigenvalue weighted by Crippen LogP contribution is -2.31. The Morgan fingerprint density at radius 2 is 2.20 bits per heavy atom. The number of rotatable bonds is 1. The largest absolute Gasteiger partial charge is 0.395 e. The van der Waals surface area contributed by atoms with E-state index in [0.717, 1.165) is 0 Å². The van der Waals surface area contributed by atoms with Crippen LogP contribution in [0.15, 0.2) is 0 Å². The van der Waals surface area contributed by atoms with Gasteiger partial charge in [0.25, 0.3) is 0 Å². The van der Waals surface area contributed by atoms with E-state index in [4.69, 9.17) is 15.3 Å². The van der Waals surface area contributed by atoms with E-state index in [0.29, 0.717) is 0 Å². The minimum absolute atomic E-state index is 0.0145. The van der Waals surface area contributed by atoms with Gasteiger partial charge in [0.15, 0.2) is 5.79 Å². The normalized spacial score (nSPS) is 33.0. The number of likely N-dealkylation sites (tertiary alicyclic amines) is 1. The highest BCUT2D eigenvalue weighted by molar-refractivity contribution is 4.86. The molecule has 0 aromatic rings. The molecule has 1 atom stereocenters. The maximum Gasteiger partial charge on any atom is 0.177 e. The molecule has 4 nitrogen and oxygen atoms in total. The maximum atomic E-state index is 9.07. The number of aliphatic hydroxyl groups excluding tert-OH is 1. The highest BCUT2D eigenvalue weighted by atomic mass is 16.5. The Balaban J connectivity index is 2.52. The van der Waals surface area contributed by atoms with Gasteiger partial charge in [0.1, 0.15) is 0 Å². The van der Waals surface area contributed by atoms with Crippen LogP contribution >= 0.6 is 0 Å². The van der Waals surface area contributed by atoms with E-state index < -0.39 is 5.79 Å². The summed E-state index contributed by atoms with van der Waals surface area (Å²) in [4.78, 5) is 1.74. The lowest BCUT2D eigenvalue weighted by atomic mass is 10.2. The Labute approximate surface area is 59.7 Å². The molecule has 0 saturated carbocycles. The summed E-state index contributed by atoms with van der Waals surface area (Å²) < 4.78 is 0. The second-order valence-corrected chi connectivity index (χ2v) is 2.94. The minimum Gasteiger partial charge on any atom is -0.395 e. The first kappa shape index (κ1) is 7.94. The van der Waals surface area contributed by atoms with Crippen LogP contribution < -0.4 is 0 Å². The lowest BCUT2D eigenvalue weighted by Gasteiger charge is -2.14. The van der Waals surface area contributed by atoms with Gasteiger partial charge < -0.3 is 15.3 Å². The maximum absolute atomic E-state index is 9.07. The number of β-amino-alcohol motifs (C(OH)–C–C–N with tert-alkyl or cyclic N) is 2. The van der Waals surface area contributed by atoms with Gasteiger partial charge in [-0.2, -0.15) is 0 Å². The van der Waals surface area contributed by atoms with Gasteiger partial charge in [0.2, 0.25) is 0 Å². The zero-order valence-corrected chi connectivity index (χ0v) is 5.99. The minimum atomic E-state index is -1.60. The molecule has 60 valence electrons. The van der Waals surface area contributed by atoms with Crippen molar-refractivity contribution in [2.75, 3.05) is 20.2 Å². The van der Waals surface area contributed by atoms with Crippen molar-refractivity contribution in [2.24, 2.45) is 0 Å². The van der Waals surface area contributed by atoms with Crippen molar-refractivity contribution in [1.82, 2.24) is 4.90 Å². The standard InChI is InChI=1S/C6H13NO3/c1-7-4-6(9,10)2-5(7)3-8/h5,8-10H,2-4H2,1H3. The molecule has 1 aliphatic heterocycles. The predicted octanol–water partition coefficient (Wildman–Crippen LogP) is -1.64. The van der Waals surface area contributed by atoms with Crippen LogP contribution in [-0.4, -0.2) is 52.2 Å². The van der Waals surface area contributed by atoms with Gasteiger partial charge in [0, 0.05) is 12.5 Å². The Morgan fingerprint density at radius 1 is 1.60 bits per heavy atom. The SMILES string of the molecule is CN1CC(O)(O)CC1CO. The van der Waals surface area contributed by atoms with E-state index in [1.165, 1.54) is 0 Å². The van der Waals surface area contributed by atoms with Gasteiger partial charge in [-0.1, -0.05) is 0 Å². The number of hydrogen-bond acceptors (Lipinski definition) is 4. The first-order chi connectivity index (χ1) is 4.55. The molecule has 1 unspecified atom stereocenters. The fourth-order valence-corrected chi connectivity index (χ4v) is 1.33. The first-order valence-corrected chi connectivity index (χ1v) is 3.31. The molecule has 0 aromatic heterocycles. The molecule has 0 aliphatic carbocycles. The molecule has 1 fully saturated rings. The molecule has 10 heavy (non-hydrogen) atoms. The lowest BCUT2D eigenvalue weighted by molar-refractivity contribution is -0.147. The third-order valence-electron chi connectivity index (χ3n) is 1.90. The summed E-state index contributed by atoms with van der Waals surface area (Å²) in [6.45, 7) is 0.206. The number of hydrogen-bond donors (Lipinski definition) is 3. The molecule has 3 N–H and O–H groups in total. The van der Waals surface area contributed by atoms with Crippen LogP contribution in [0.3, 0.4) is 0 Å². The van der Waals surface area contributed by atoms with Crippen molar-refractivity contribution < 1.29 is 15.3 Å². The summed E-state index contributed by atoms with van der Waals surface area (Å²) in [5.41, 5.74) is 0. The quantitative estimate of drug-likeness (QED) is 0.389. The third-order valence-corrected chi connectivity index (χ3v) is 1.90. The number of aliphatic hydroxyl groups is 3. The van der Waals surface area contributed by atoms with E-state index >= 15 is 0 Å². The van der Waals surface area contributed by atoms with Crippen LogP contribution in [0.5, 0.6) is 0 Å². The molecular weight excluding hydrogens is 134 g/mol. The smallest absolute Gasteiger partial charge is 0.177 e. The highest BCUT2D eigenvalue weighted by Crippen LogP contribution is 2.22. The van der Waals surface area contributed by atoms with Crippen LogP contribution in [-0.2, 0) is 0 Å². The molecule has 1 heterocycles. The zero-order chi connectivity index (χ0) is 7.78. The van der Waals surface area contributed by atoms with Crippen molar-refractivity contribution >= 4 is 0 Å². The fourth-order valence-electron chi connectivity index (χ4n) is 1.33. The highest BCUT2D eigenvalue weighted by Gasteiger charge is 2.38. The van der Waals surface area contributed by atoms with Gasteiger partial charge in [0.05, 0.1) is 13.2 Å². The number of likely N-dealkylation sites (N-methyl/N-ethyl adjacent to an activating group) is 1. The number of nitrogens with zero attached hydrogens (tertiary/aromatic N) is 1. The van der Waals surface area contributed by atoms with E-state index in [1.54, 1.807) is 11.9 Å². The van der Waals surface area contributed by atoms with Gasteiger partial charge in [-0.25, -0.2) is 0 Å². The van der Waals surface area contributed by atoms with Crippen LogP contribution in [0.1, 0.15) is 6.42 Å². The zero-order valence-electron chi connectivity index (χ0n) is 5.99. The van der Waals surface area contributed by atoms with Crippen molar-refractivity contribution in [3.8, 4) is 0 Å². The van der Waals surface area contributed by atoms with Crippen molar-refractivity contribution in [3.05, 3.63) is 0 Å². The third kappa shape index (κ3) is 1.46. The second-order valence-electron chi connectivity index (χ2n) is 2.94. The summed E-state index contributed by atoms with van der Waals surface area (Å²) >= 11 is 0. The molecule has 0 bridgehead atoms. The topological polar surface area (TPSA) is 63.9 Å². The molecule has 4 heteroatoms. The Morgan fingerprint density at radius 3 is 2.40 bits per heavy atom. The van der Waals surface area contributed by atoms with Crippen LogP contribution in [0.2, 0.25) is 0 Å².